The molecule has 2 amide bonds. The molecule has 0 N–H and O–H groups in total. The van der Waals surface area contributed by atoms with Crippen LogP contribution in [0.3, 0.4) is 0 Å². The molecule has 1 aliphatic heterocycles. The Hall–Kier alpha value is -5.88. The maximum Gasteiger partial charge on any atom is 0.239 e. The summed E-state index contributed by atoms with van der Waals surface area (Å²) < 4.78 is 5.69. The third-order valence-corrected chi connectivity index (χ3v) is 11.0. The van der Waals surface area contributed by atoms with E-state index in [0.717, 1.165) is 33.4 Å². The largest absolute Gasteiger partial charge is 0.495 e. The summed E-state index contributed by atoms with van der Waals surface area (Å²) in [4.78, 5) is 60.5. The second-order valence-electron chi connectivity index (χ2n) is 13.6. The van der Waals surface area contributed by atoms with Crippen LogP contribution in [-0.2, 0) is 25.2 Å². The average molecular weight is 658 g/mol. The molecule has 1 saturated carbocycles. The predicted octanol–water partition coefficient (Wildman–Crippen LogP) is 7.70. The minimum atomic E-state index is -1.52. The number of rotatable bonds is 7. The average Bonchev–Trinajstić information content (AvgIpc) is 3.64. The van der Waals surface area contributed by atoms with Crippen molar-refractivity contribution in [1.82, 2.24) is 0 Å². The first-order valence-electron chi connectivity index (χ1n) is 16.8. The summed E-state index contributed by atoms with van der Waals surface area (Å²) in [5.41, 5.74) is 4.00. The van der Waals surface area contributed by atoms with Crippen molar-refractivity contribution in [2.24, 2.45) is 11.8 Å². The summed E-state index contributed by atoms with van der Waals surface area (Å²) in [6, 6.07) is 39.8. The van der Waals surface area contributed by atoms with Gasteiger partial charge in [0.1, 0.15) is 5.75 Å². The number of ketones is 2. The number of anilines is 1. The molecule has 246 valence electrons. The topological polar surface area (TPSA) is 80.8 Å². The Kier molecular flexibility index (Phi) is 7.12. The van der Waals surface area contributed by atoms with Crippen molar-refractivity contribution in [3.8, 4) is 5.75 Å². The van der Waals surface area contributed by atoms with Crippen molar-refractivity contribution >= 4 is 40.2 Å². The summed E-state index contributed by atoms with van der Waals surface area (Å²) in [5, 5.41) is 0. The highest BCUT2D eigenvalue weighted by Crippen LogP contribution is 2.74. The van der Waals surface area contributed by atoms with Gasteiger partial charge < -0.3 is 4.74 Å². The molecule has 6 nitrogen and oxygen atoms in total. The van der Waals surface area contributed by atoms with Crippen LogP contribution < -0.4 is 9.64 Å². The van der Waals surface area contributed by atoms with Crippen LogP contribution >= 0.6 is 0 Å². The molecule has 2 aliphatic carbocycles. The number of allylic oxidation sites excluding steroid dienone is 2. The van der Waals surface area contributed by atoms with E-state index in [0.29, 0.717) is 16.7 Å². The van der Waals surface area contributed by atoms with Crippen molar-refractivity contribution in [2.75, 3.05) is 12.0 Å². The highest BCUT2D eigenvalue weighted by Gasteiger charge is 2.82. The predicted molar refractivity (Wildman–Crippen MR) is 193 cm³/mol. The van der Waals surface area contributed by atoms with E-state index in [1.807, 2.05) is 123 Å². The molecule has 1 saturated heterocycles. The third kappa shape index (κ3) is 4.02. The summed E-state index contributed by atoms with van der Waals surface area (Å²) in [6.07, 6.45) is 0. The first-order valence-corrected chi connectivity index (χ1v) is 16.8. The molecule has 5 aromatic carbocycles. The molecule has 4 atom stereocenters. The Labute approximate surface area is 291 Å². The van der Waals surface area contributed by atoms with E-state index in [-0.39, 0.29) is 23.0 Å². The van der Waals surface area contributed by atoms with Crippen molar-refractivity contribution in [1.29, 1.82) is 0 Å². The van der Waals surface area contributed by atoms with Crippen LogP contribution in [0, 0.1) is 25.7 Å². The number of fused-ring (bicyclic) bond motifs is 5. The number of carbonyl (C=O) groups is 4. The standard InChI is InChI=1S/C44H35NO5/c1-26-15-19-29(20-16-26)36-37(30-21-17-27(2)18-22-30)44(33-13-9-6-10-14-33)39-38(43(36,42(44)49)32-11-7-5-8-12-32)40(47)45(41(39)48)34-25-31(28(3)46)23-24-35(34)50-4/h5-25,38-39H,1-4H3/t38-,39+,43-,44-/m1/s1. The molecule has 8 rings (SSSR count). The smallest absolute Gasteiger partial charge is 0.239 e. The van der Waals surface area contributed by atoms with Crippen molar-refractivity contribution < 1.29 is 23.9 Å². The van der Waals surface area contributed by atoms with E-state index in [1.54, 1.807) is 18.2 Å². The van der Waals surface area contributed by atoms with E-state index in [2.05, 4.69) is 0 Å². The van der Waals surface area contributed by atoms with Gasteiger partial charge in [0.15, 0.2) is 11.6 Å². The molecule has 0 radical (unpaired) electrons. The van der Waals surface area contributed by atoms with Crippen LogP contribution in [0.4, 0.5) is 5.69 Å². The second-order valence-corrected chi connectivity index (χ2v) is 13.6. The fraction of sp³-hybridized carbons (Fsp3) is 0.182. The SMILES string of the molecule is COc1ccc(C(C)=O)cc1N1C(=O)[C@@H]2[C@H](C1=O)[C@]1(c3ccccc3)C(=O)[C@]2(c2ccccc2)C(c2ccc(C)cc2)=C1c1ccc(C)cc1. The molecule has 5 aromatic rings. The molecule has 6 heteroatoms. The van der Waals surface area contributed by atoms with Gasteiger partial charge >= 0.3 is 0 Å². The lowest BCUT2D eigenvalue weighted by atomic mass is 9.59. The molecule has 2 fully saturated rings. The minimum absolute atomic E-state index is 0.186. The number of ether oxygens (including phenoxy) is 1. The molecule has 0 unspecified atom stereocenters. The fourth-order valence-electron chi connectivity index (χ4n) is 8.89. The Morgan fingerprint density at radius 3 is 1.46 bits per heavy atom. The van der Waals surface area contributed by atoms with E-state index in [4.69, 9.17) is 4.74 Å². The fourth-order valence-corrected chi connectivity index (χ4v) is 8.89. The highest BCUT2D eigenvalue weighted by atomic mass is 16.5. The first kappa shape index (κ1) is 31.4. The van der Waals surface area contributed by atoms with Gasteiger partial charge in [-0.25, -0.2) is 4.90 Å². The third-order valence-electron chi connectivity index (χ3n) is 11.0. The number of hydrogen-bond donors (Lipinski definition) is 0. The zero-order valence-electron chi connectivity index (χ0n) is 28.3. The lowest BCUT2D eigenvalue weighted by Gasteiger charge is -2.39. The molecule has 0 spiro atoms. The van der Waals surface area contributed by atoms with Gasteiger partial charge in [-0.05, 0) is 72.4 Å². The van der Waals surface area contributed by atoms with Crippen LogP contribution in [-0.4, -0.2) is 30.5 Å². The molecule has 3 aliphatic rings. The number of amides is 2. The van der Waals surface area contributed by atoms with Gasteiger partial charge in [-0.2, -0.15) is 0 Å². The number of nitrogens with zero attached hydrogens (tertiary/aromatic N) is 1. The molecule has 0 aromatic heterocycles. The van der Waals surface area contributed by atoms with Gasteiger partial charge in [0, 0.05) is 5.56 Å². The number of Topliss-reactive ketones (excluding diaryl/α,β-unsaturated/α-hetero) is 2. The lowest BCUT2D eigenvalue weighted by molar-refractivity contribution is -0.130. The van der Waals surface area contributed by atoms with Crippen LogP contribution in [0.25, 0.3) is 11.1 Å². The molecular formula is C44H35NO5. The van der Waals surface area contributed by atoms with Crippen LogP contribution in [0.1, 0.15) is 50.7 Å². The number of carbonyl (C=O) groups excluding carboxylic acids is 4. The number of benzene rings is 5. The first-order chi connectivity index (χ1) is 24.2. The minimum Gasteiger partial charge on any atom is -0.495 e. The number of methoxy groups -OCH3 is 1. The Bertz CT molecular complexity index is 2130. The van der Waals surface area contributed by atoms with Gasteiger partial charge in [-0.15, -0.1) is 0 Å². The van der Waals surface area contributed by atoms with Gasteiger partial charge in [0.05, 0.1) is 35.5 Å². The number of hydrogen-bond acceptors (Lipinski definition) is 5. The summed E-state index contributed by atoms with van der Waals surface area (Å²) in [6.45, 7) is 5.46. The normalized spacial score (nSPS) is 23.8. The van der Waals surface area contributed by atoms with Crippen LogP contribution in [0.15, 0.2) is 127 Å². The quantitative estimate of drug-likeness (QED) is 0.132. The number of imide groups is 1. The molecule has 50 heavy (non-hydrogen) atoms. The van der Waals surface area contributed by atoms with E-state index in [1.165, 1.54) is 18.9 Å². The Morgan fingerprint density at radius 2 is 1.06 bits per heavy atom. The Morgan fingerprint density at radius 1 is 0.620 bits per heavy atom. The van der Waals surface area contributed by atoms with E-state index >= 15 is 14.4 Å². The van der Waals surface area contributed by atoms with Crippen molar-refractivity contribution in [3.05, 3.63) is 166 Å². The van der Waals surface area contributed by atoms with E-state index < -0.39 is 34.5 Å². The molecule has 1 heterocycles. The van der Waals surface area contributed by atoms with Crippen molar-refractivity contribution in [2.45, 2.75) is 31.6 Å². The monoisotopic (exact) mass is 657 g/mol. The van der Waals surface area contributed by atoms with Gasteiger partial charge in [0.2, 0.25) is 11.8 Å². The zero-order valence-corrected chi connectivity index (χ0v) is 28.3. The summed E-state index contributed by atoms with van der Waals surface area (Å²) in [7, 11) is 1.47. The van der Waals surface area contributed by atoms with Gasteiger partial charge in [-0.3, -0.25) is 19.2 Å². The second kappa shape index (κ2) is 11.3. The number of aryl methyl sites for hydroxylation is 2. The zero-order chi connectivity index (χ0) is 34.9. The van der Waals surface area contributed by atoms with Crippen LogP contribution in [0.5, 0.6) is 5.75 Å². The summed E-state index contributed by atoms with van der Waals surface area (Å²) in [5.74, 6) is -3.28. The molecular weight excluding hydrogens is 622 g/mol. The maximum atomic E-state index is 16.1. The van der Waals surface area contributed by atoms with Crippen LogP contribution in [0.2, 0.25) is 0 Å². The Balaban J connectivity index is 1.54. The maximum absolute atomic E-state index is 16.1. The van der Waals surface area contributed by atoms with Gasteiger partial charge in [0.25, 0.3) is 0 Å². The van der Waals surface area contributed by atoms with Gasteiger partial charge in [-0.1, -0.05) is 120 Å². The molecule has 2 bridgehead atoms. The lowest BCUT2D eigenvalue weighted by Crippen LogP contribution is -2.45. The summed E-state index contributed by atoms with van der Waals surface area (Å²) >= 11 is 0. The van der Waals surface area contributed by atoms with Crippen molar-refractivity contribution in [3.63, 3.8) is 0 Å². The highest BCUT2D eigenvalue weighted by molar-refractivity contribution is 6.39. The van der Waals surface area contributed by atoms with E-state index in [9.17, 15) is 4.79 Å².